The molecule has 0 spiro atoms. The second kappa shape index (κ2) is 6.25. The Balaban J connectivity index is 2.73. The molecule has 0 radical (unpaired) electrons. The minimum Gasteiger partial charge on any atom is -0.496 e. The van der Waals surface area contributed by atoms with Crippen molar-refractivity contribution in [1.82, 2.24) is 0 Å². The monoisotopic (exact) mass is 277 g/mol. The number of benzene rings is 1. The minimum atomic E-state index is -4.38. The minimum absolute atomic E-state index is 0.222. The summed E-state index contributed by atoms with van der Waals surface area (Å²) in [6.45, 7) is 2.61. The van der Waals surface area contributed by atoms with Crippen molar-refractivity contribution >= 4 is 0 Å². The maximum Gasteiger partial charge on any atom is 0.414 e. The molecule has 1 aromatic carbocycles. The van der Waals surface area contributed by atoms with E-state index in [1.807, 2.05) is 13.0 Å². The van der Waals surface area contributed by atoms with Gasteiger partial charge in [0.15, 0.2) is 6.10 Å². The van der Waals surface area contributed by atoms with Crippen LogP contribution in [0.2, 0.25) is 0 Å². The van der Waals surface area contributed by atoms with E-state index in [9.17, 15) is 13.2 Å². The first-order chi connectivity index (χ1) is 8.75. The Labute approximate surface area is 110 Å². The predicted molar refractivity (Wildman–Crippen MR) is 66.1 cm³/mol. The maximum atomic E-state index is 12.3. The molecule has 6 heteroatoms. The summed E-state index contributed by atoms with van der Waals surface area (Å²) in [5.41, 5.74) is 7.45. The Morgan fingerprint density at radius 2 is 1.95 bits per heavy atom. The lowest BCUT2D eigenvalue weighted by Gasteiger charge is -2.21. The van der Waals surface area contributed by atoms with Crippen molar-refractivity contribution in [2.24, 2.45) is 5.73 Å². The number of rotatable bonds is 5. The fourth-order valence-electron chi connectivity index (χ4n) is 1.58. The van der Waals surface area contributed by atoms with Gasteiger partial charge < -0.3 is 15.2 Å². The van der Waals surface area contributed by atoms with Gasteiger partial charge in [-0.2, -0.15) is 13.2 Å². The van der Waals surface area contributed by atoms with E-state index in [0.29, 0.717) is 11.3 Å². The molecule has 0 bridgehead atoms. The Bertz CT molecular complexity index is 421. The van der Waals surface area contributed by atoms with Crippen LogP contribution in [0.4, 0.5) is 13.2 Å². The first-order valence-electron chi connectivity index (χ1n) is 5.84. The Hall–Kier alpha value is -1.27. The van der Waals surface area contributed by atoms with Gasteiger partial charge in [0.1, 0.15) is 5.75 Å². The molecule has 0 aliphatic heterocycles. The average molecular weight is 277 g/mol. The molecule has 2 atom stereocenters. The summed E-state index contributed by atoms with van der Waals surface area (Å²) in [5.74, 6) is 0.543. The molecule has 1 rings (SSSR count). The van der Waals surface area contributed by atoms with E-state index in [4.69, 9.17) is 15.2 Å². The first kappa shape index (κ1) is 15.8. The Morgan fingerprint density at radius 1 is 1.32 bits per heavy atom. The third-order valence-electron chi connectivity index (χ3n) is 2.77. The number of methoxy groups -OCH3 is 1. The van der Waals surface area contributed by atoms with Crippen LogP contribution in [-0.2, 0) is 4.74 Å². The standard InChI is InChI=1S/C13H18F3NO2/c1-8-4-5-12(18-3)10(6-8)11(17)7-19-9(2)13(14,15)16/h4-6,9,11H,7,17H2,1-3H3. The number of aryl methyl sites for hydroxylation is 1. The van der Waals surface area contributed by atoms with Crippen molar-refractivity contribution in [3.63, 3.8) is 0 Å². The second-order valence-electron chi connectivity index (χ2n) is 4.37. The van der Waals surface area contributed by atoms with Crippen LogP contribution >= 0.6 is 0 Å². The summed E-state index contributed by atoms with van der Waals surface area (Å²) in [5, 5.41) is 0. The van der Waals surface area contributed by atoms with Gasteiger partial charge in [-0.3, -0.25) is 0 Å². The summed E-state index contributed by atoms with van der Waals surface area (Å²) < 4.78 is 46.9. The molecule has 0 heterocycles. The lowest BCUT2D eigenvalue weighted by atomic mass is 10.0. The zero-order chi connectivity index (χ0) is 14.6. The van der Waals surface area contributed by atoms with Crippen LogP contribution in [0.15, 0.2) is 18.2 Å². The van der Waals surface area contributed by atoms with Crippen molar-refractivity contribution in [2.45, 2.75) is 32.2 Å². The highest BCUT2D eigenvalue weighted by molar-refractivity contribution is 5.39. The third-order valence-corrected chi connectivity index (χ3v) is 2.77. The molecule has 108 valence electrons. The zero-order valence-corrected chi connectivity index (χ0v) is 11.1. The number of nitrogens with two attached hydrogens (primary N) is 1. The molecule has 0 saturated carbocycles. The van der Waals surface area contributed by atoms with E-state index >= 15 is 0 Å². The second-order valence-corrected chi connectivity index (χ2v) is 4.37. The third kappa shape index (κ3) is 4.40. The van der Waals surface area contributed by atoms with Crippen LogP contribution in [0.1, 0.15) is 24.1 Å². The van der Waals surface area contributed by atoms with Crippen molar-refractivity contribution in [3.05, 3.63) is 29.3 Å². The van der Waals surface area contributed by atoms with Crippen LogP contribution in [0.25, 0.3) is 0 Å². The van der Waals surface area contributed by atoms with Gasteiger partial charge in [0.05, 0.1) is 19.8 Å². The van der Waals surface area contributed by atoms with Gasteiger partial charge in [-0.1, -0.05) is 17.7 Å². The van der Waals surface area contributed by atoms with Crippen LogP contribution in [0, 0.1) is 6.92 Å². The summed E-state index contributed by atoms with van der Waals surface area (Å²) in [7, 11) is 1.49. The average Bonchev–Trinajstić information content (AvgIpc) is 2.34. The molecular formula is C13H18F3NO2. The number of ether oxygens (including phenoxy) is 2. The van der Waals surface area contributed by atoms with Gasteiger partial charge >= 0.3 is 6.18 Å². The van der Waals surface area contributed by atoms with Crippen LogP contribution in [-0.4, -0.2) is 26.0 Å². The molecule has 0 aliphatic carbocycles. The van der Waals surface area contributed by atoms with Gasteiger partial charge in [-0.25, -0.2) is 0 Å². The summed E-state index contributed by atoms with van der Waals surface area (Å²) in [4.78, 5) is 0. The largest absolute Gasteiger partial charge is 0.496 e. The van der Waals surface area contributed by atoms with Crippen LogP contribution < -0.4 is 10.5 Å². The van der Waals surface area contributed by atoms with Crippen molar-refractivity contribution in [3.8, 4) is 5.75 Å². The zero-order valence-electron chi connectivity index (χ0n) is 11.1. The molecule has 0 fully saturated rings. The summed E-state index contributed by atoms with van der Waals surface area (Å²) in [6, 6.07) is 4.69. The highest BCUT2D eigenvalue weighted by atomic mass is 19.4. The van der Waals surface area contributed by atoms with Gasteiger partial charge in [0.25, 0.3) is 0 Å². The molecule has 0 amide bonds. The van der Waals surface area contributed by atoms with Crippen LogP contribution in [0.5, 0.6) is 5.75 Å². The Morgan fingerprint density at radius 3 is 2.47 bits per heavy atom. The van der Waals surface area contributed by atoms with Crippen molar-refractivity contribution in [2.75, 3.05) is 13.7 Å². The quantitative estimate of drug-likeness (QED) is 0.900. The molecule has 1 aromatic rings. The van der Waals surface area contributed by atoms with Crippen molar-refractivity contribution < 1.29 is 22.6 Å². The molecule has 3 nitrogen and oxygen atoms in total. The fraction of sp³-hybridized carbons (Fsp3) is 0.538. The van der Waals surface area contributed by atoms with Gasteiger partial charge in [0.2, 0.25) is 0 Å². The SMILES string of the molecule is COc1ccc(C)cc1C(N)COC(C)C(F)(F)F. The van der Waals surface area contributed by atoms with Gasteiger partial charge in [-0.15, -0.1) is 0 Å². The number of halogens is 3. The molecule has 19 heavy (non-hydrogen) atoms. The van der Waals surface area contributed by atoms with Gasteiger partial charge in [0, 0.05) is 5.56 Å². The van der Waals surface area contributed by atoms with E-state index in [2.05, 4.69) is 0 Å². The van der Waals surface area contributed by atoms with E-state index in [0.717, 1.165) is 12.5 Å². The molecule has 0 aromatic heterocycles. The molecule has 0 saturated heterocycles. The predicted octanol–water partition coefficient (Wildman–Crippen LogP) is 2.97. The normalized spacial score (nSPS) is 15.1. The molecule has 2 unspecified atom stereocenters. The smallest absolute Gasteiger partial charge is 0.414 e. The van der Waals surface area contributed by atoms with E-state index in [-0.39, 0.29) is 6.61 Å². The highest BCUT2D eigenvalue weighted by Gasteiger charge is 2.37. The van der Waals surface area contributed by atoms with E-state index in [1.54, 1.807) is 12.1 Å². The number of hydrogen-bond donors (Lipinski definition) is 1. The number of hydrogen-bond acceptors (Lipinski definition) is 3. The highest BCUT2D eigenvalue weighted by Crippen LogP contribution is 2.27. The lowest BCUT2D eigenvalue weighted by Crippen LogP contribution is -2.31. The number of alkyl halides is 3. The Kier molecular flexibility index (Phi) is 5.20. The first-order valence-corrected chi connectivity index (χ1v) is 5.84. The molecule has 0 aliphatic rings. The van der Waals surface area contributed by atoms with Crippen molar-refractivity contribution in [1.29, 1.82) is 0 Å². The van der Waals surface area contributed by atoms with Gasteiger partial charge in [-0.05, 0) is 19.9 Å². The summed E-state index contributed by atoms with van der Waals surface area (Å²) in [6.07, 6.45) is -6.22. The maximum absolute atomic E-state index is 12.3. The summed E-state index contributed by atoms with van der Waals surface area (Å²) >= 11 is 0. The fourth-order valence-corrected chi connectivity index (χ4v) is 1.58. The van der Waals surface area contributed by atoms with E-state index < -0.39 is 18.3 Å². The lowest BCUT2D eigenvalue weighted by molar-refractivity contribution is -0.215. The molecule has 2 N–H and O–H groups in total. The van der Waals surface area contributed by atoms with Crippen LogP contribution in [0.3, 0.4) is 0 Å². The van der Waals surface area contributed by atoms with E-state index in [1.165, 1.54) is 7.11 Å². The molecular weight excluding hydrogens is 259 g/mol. The topological polar surface area (TPSA) is 44.5 Å².